The molecule has 0 spiro atoms. The quantitative estimate of drug-likeness (QED) is 0.376. The standard InChI is InChI=1S/C25H26Cl2FN3O/c1-31(2)24(18-5-3-6-19(28)15-18)17-12-9-16(10-13-17)11-14-22-29-25(30-32-22)20-7-4-8-21(26)23(20)27/h3-8,11,14-17,24H,9-10,12-13H2,1-2H3. The van der Waals surface area contributed by atoms with Gasteiger partial charge in [-0.3, -0.25) is 0 Å². The highest BCUT2D eigenvalue weighted by molar-refractivity contribution is 6.43. The van der Waals surface area contributed by atoms with E-state index in [1.54, 1.807) is 24.3 Å². The van der Waals surface area contributed by atoms with Gasteiger partial charge in [-0.25, -0.2) is 4.39 Å². The molecule has 1 aliphatic rings. The van der Waals surface area contributed by atoms with Crippen LogP contribution in [0.5, 0.6) is 0 Å². The first-order valence-electron chi connectivity index (χ1n) is 10.8. The Morgan fingerprint density at radius 3 is 2.56 bits per heavy atom. The van der Waals surface area contributed by atoms with Crippen molar-refractivity contribution in [3.8, 4) is 11.4 Å². The molecule has 1 fully saturated rings. The molecule has 1 aromatic heterocycles. The van der Waals surface area contributed by atoms with Crippen molar-refractivity contribution in [1.29, 1.82) is 0 Å². The van der Waals surface area contributed by atoms with E-state index in [0.29, 0.717) is 39.2 Å². The zero-order valence-corrected chi connectivity index (χ0v) is 19.7. The van der Waals surface area contributed by atoms with Crippen LogP contribution in [0.1, 0.15) is 43.2 Å². The third-order valence-electron chi connectivity index (χ3n) is 6.15. The van der Waals surface area contributed by atoms with Crippen molar-refractivity contribution in [2.75, 3.05) is 14.1 Å². The molecule has 3 aromatic rings. The molecule has 1 atom stereocenters. The topological polar surface area (TPSA) is 42.2 Å². The number of rotatable bonds is 6. The summed E-state index contributed by atoms with van der Waals surface area (Å²) in [6, 6.07) is 12.5. The second-order valence-electron chi connectivity index (χ2n) is 8.56. The summed E-state index contributed by atoms with van der Waals surface area (Å²) in [6.07, 6.45) is 8.35. The SMILES string of the molecule is CN(C)C(c1cccc(F)c1)C1CCC(C=Cc2nc(-c3cccc(Cl)c3Cl)no2)CC1. The van der Waals surface area contributed by atoms with E-state index in [2.05, 4.69) is 35.2 Å². The lowest BCUT2D eigenvalue weighted by Gasteiger charge is -2.37. The van der Waals surface area contributed by atoms with Crippen LogP contribution >= 0.6 is 23.2 Å². The van der Waals surface area contributed by atoms with Gasteiger partial charge in [0.2, 0.25) is 5.82 Å². The second-order valence-corrected chi connectivity index (χ2v) is 9.34. The smallest absolute Gasteiger partial charge is 0.250 e. The number of aromatic nitrogens is 2. The van der Waals surface area contributed by atoms with Gasteiger partial charge in [0.1, 0.15) is 5.82 Å². The predicted molar refractivity (Wildman–Crippen MR) is 127 cm³/mol. The minimum Gasteiger partial charge on any atom is -0.334 e. The highest BCUT2D eigenvalue weighted by Crippen LogP contribution is 2.40. The van der Waals surface area contributed by atoms with Crippen molar-refractivity contribution in [3.63, 3.8) is 0 Å². The highest BCUT2D eigenvalue weighted by atomic mass is 35.5. The van der Waals surface area contributed by atoms with Crippen LogP contribution in [0.25, 0.3) is 17.5 Å². The van der Waals surface area contributed by atoms with Gasteiger partial charge < -0.3 is 9.42 Å². The summed E-state index contributed by atoms with van der Waals surface area (Å²) < 4.78 is 19.1. The Balaban J connectivity index is 1.39. The molecule has 1 aliphatic carbocycles. The van der Waals surface area contributed by atoms with Gasteiger partial charge in [-0.1, -0.05) is 52.6 Å². The molecular weight excluding hydrogens is 448 g/mol. The van der Waals surface area contributed by atoms with Gasteiger partial charge in [0.15, 0.2) is 0 Å². The Labute approximate surface area is 198 Å². The van der Waals surface area contributed by atoms with Crippen molar-refractivity contribution in [2.45, 2.75) is 31.7 Å². The first-order valence-corrected chi connectivity index (χ1v) is 11.6. The molecule has 0 radical (unpaired) electrons. The fourth-order valence-electron chi connectivity index (χ4n) is 4.64. The second kappa shape index (κ2) is 10.2. The van der Waals surface area contributed by atoms with E-state index >= 15 is 0 Å². The van der Waals surface area contributed by atoms with Crippen LogP contribution in [0.3, 0.4) is 0 Å². The molecule has 4 rings (SSSR count). The van der Waals surface area contributed by atoms with Crippen LogP contribution in [0.2, 0.25) is 10.0 Å². The Kier molecular flexibility index (Phi) is 7.29. The summed E-state index contributed by atoms with van der Waals surface area (Å²) in [6.45, 7) is 0. The van der Waals surface area contributed by atoms with E-state index in [-0.39, 0.29) is 11.9 Å². The molecular formula is C25H26Cl2FN3O. The number of nitrogens with zero attached hydrogens (tertiary/aromatic N) is 3. The van der Waals surface area contributed by atoms with E-state index in [9.17, 15) is 4.39 Å². The van der Waals surface area contributed by atoms with Gasteiger partial charge in [-0.05, 0) is 87.5 Å². The Bertz CT molecular complexity index is 1090. The fourth-order valence-corrected chi connectivity index (χ4v) is 5.03. The first-order chi connectivity index (χ1) is 15.4. The van der Waals surface area contributed by atoms with Crippen LogP contribution < -0.4 is 0 Å². The van der Waals surface area contributed by atoms with Gasteiger partial charge in [0.25, 0.3) is 5.89 Å². The number of halogens is 3. The molecule has 168 valence electrons. The van der Waals surface area contributed by atoms with Crippen LogP contribution in [0.4, 0.5) is 4.39 Å². The summed E-state index contributed by atoms with van der Waals surface area (Å²) in [5, 5.41) is 4.90. The van der Waals surface area contributed by atoms with Crippen molar-refractivity contribution < 1.29 is 8.91 Å². The van der Waals surface area contributed by atoms with Gasteiger partial charge in [0.05, 0.1) is 10.0 Å². The zero-order valence-electron chi connectivity index (χ0n) is 18.1. The summed E-state index contributed by atoms with van der Waals surface area (Å²) >= 11 is 12.3. The monoisotopic (exact) mass is 473 g/mol. The van der Waals surface area contributed by atoms with Crippen LogP contribution in [-0.4, -0.2) is 29.1 Å². The van der Waals surface area contributed by atoms with E-state index in [4.69, 9.17) is 27.7 Å². The minimum atomic E-state index is -0.177. The van der Waals surface area contributed by atoms with Gasteiger partial charge in [-0.15, -0.1) is 0 Å². The number of allylic oxidation sites excluding steroid dienone is 1. The molecule has 2 aromatic carbocycles. The molecule has 0 aliphatic heterocycles. The van der Waals surface area contributed by atoms with Crippen LogP contribution in [-0.2, 0) is 0 Å². The van der Waals surface area contributed by atoms with E-state index < -0.39 is 0 Å². The van der Waals surface area contributed by atoms with Crippen molar-refractivity contribution in [3.05, 3.63) is 75.9 Å². The third-order valence-corrected chi connectivity index (χ3v) is 6.97. The average molecular weight is 474 g/mol. The Morgan fingerprint density at radius 1 is 1.09 bits per heavy atom. The lowest BCUT2D eigenvalue weighted by Crippen LogP contribution is -2.30. The van der Waals surface area contributed by atoms with Gasteiger partial charge >= 0.3 is 0 Å². The molecule has 1 heterocycles. The zero-order chi connectivity index (χ0) is 22.7. The van der Waals surface area contributed by atoms with Gasteiger partial charge in [-0.2, -0.15) is 4.98 Å². The number of benzene rings is 2. The minimum absolute atomic E-state index is 0.177. The summed E-state index contributed by atoms with van der Waals surface area (Å²) in [5.74, 6) is 1.64. The van der Waals surface area contributed by atoms with Crippen molar-refractivity contribution >= 4 is 29.3 Å². The molecule has 32 heavy (non-hydrogen) atoms. The lowest BCUT2D eigenvalue weighted by atomic mass is 9.76. The maximum absolute atomic E-state index is 13.8. The highest BCUT2D eigenvalue weighted by Gasteiger charge is 2.29. The first kappa shape index (κ1) is 23.0. The molecule has 4 nitrogen and oxygen atoms in total. The maximum Gasteiger partial charge on any atom is 0.250 e. The molecule has 1 unspecified atom stereocenters. The summed E-state index contributed by atoms with van der Waals surface area (Å²) in [5.41, 5.74) is 1.70. The largest absolute Gasteiger partial charge is 0.334 e. The van der Waals surface area contributed by atoms with Crippen LogP contribution in [0.15, 0.2) is 53.1 Å². The third kappa shape index (κ3) is 5.22. The van der Waals surface area contributed by atoms with E-state index in [1.165, 1.54) is 6.07 Å². The molecule has 1 saturated carbocycles. The summed E-state index contributed by atoms with van der Waals surface area (Å²) in [7, 11) is 4.14. The predicted octanol–water partition coefficient (Wildman–Crippen LogP) is 7.31. The average Bonchev–Trinajstić information content (AvgIpc) is 3.24. The van der Waals surface area contributed by atoms with Gasteiger partial charge in [0, 0.05) is 11.6 Å². The number of hydrogen-bond acceptors (Lipinski definition) is 4. The summed E-state index contributed by atoms with van der Waals surface area (Å²) in [4.78, 5) is 6.64. The van der Waals surface area contributed by atoms with Crippen LogP contribution in [0, 0.1) is 17.7 Å². The molecule has 0 N–H and O–H groups in total. The molecule has 7 heteroatoms. The Morgan fingerprint density at radius 2 is 1.84 bits per heavy atom. The van der Waals surface area contributed by atoms with Crippen molar-refractivity contribution in [2.24, 2.45) is 11.8 Å². The fraction of sp³-hybridized carbons (Fsp3) is 0.360. The Hall–Kier alpha value is -2.21. The lowest BCUT2D eigenvalue weighted by molar-refractivity contribution is 0.159. The van der Waals surface area contributed by atoms with Crippen molar-refractivity contribution in [1.82, 2.24) is 15.0 Å². The normalized spacial score (nSPS) is 20.2. The molecule has 0 saturated heterocycles. The van der Waals surface area contributed by atoms with E-state index in [0.717, 1.165) is 31.2 Å². The maximum atomic E-state index is 13.8. The van der Waals surface area contributed by atoms with E-state index in [1.807, 2.05) is 18.2 Å². The molecule has 0 bridgehead atoms. The number of hydrogen-bond donors (Lipinski definition) is 0. The molecule has 0 amide bonds.